The van der Waals surface area contributed by atoms with Crippen LogP contribution >= 0.6 is 0 Å². The number of halogens is 1. The molecule has 2 amide bonds. The van der Waals surface area contributed by atoms with Gasteiger partial charge in [0.2, 0.25) is 11.8 Å². The molecule has 2 fully saturated rings. The van der Waals surface area contributed by atoms with E-state index in [9.17, 15) is 14.0 Å². The predicted molar refractivity (Wildman–Crippen MR) is 119 cm³/mol. The highest BCUT2D eigenvalue weighted by molar-refractivity contribution is 5.81. The number of rotatable bonds is 6. The largest absolute Gasteiger partial charge is 0.352 e. The van der Waals surface area contributed by atoms with Crippen molar-refractivity contribution in [3.8, 4) is 0 Å². The summed E-state index contributed by atoms with van der Waals surface area (Å²) in [5, 5.41) is 2.88. The Bertz CT molecular complexity index is 984. The number of nitrogens with zero attached hydrogens (tertiary/aromatic N) is 3. The van der Waals surface area contributed by atoms with Crippen molar-refractivity contribution in [2.45, 2.75) is 58.9 Å². The Kier molecular flexibility index (Phi) is 6.53. The fourth-order valence-electron chi connectivity index (χ4n) is 4.52. The van der Waals surface area contributed by atoms with E-state index in [0.717, 1.165) is 54.1 Å². The Hall–Kier alpha value is -2.83. The third kappa shape index (κ3) is 5.14. The number of likely N-dealkylation sites (tertiary alicyclic amines) is 1. The molecule has 2 aliphatic rings. The van der Waals surface area contributed by atoms with Gasteiger partial charge in [-0.05, 0) is 56.7 Å². The molecule has 1 saturated carbocycles. The average molecular weight is 439 g/mol. The van der Waals surface area contributed by atoms with Crippen molar-refractivity contribution >= 4 is 11.8 Å². The molecule has 1 saturated heterocycles. The van der Waals surface area contributed by atoms with Gasteiger partial charge in [0, 0.05) is 48.4 Å². The molecule has 4 rings (SSSR count). The summed E-state index contributed by atoms with van der Waals surface area (Å²) in [7, 11) is 0. The fraction of sp³-hybridized carbons (Fsp3) is 0.520. The van der Waals surface area contributed by atoms with Crippen molar-refractivity contribution in [3.63, 3.8) is 0 Å². The van der Waals surface area contributed by atoms with Crippen molar-refractivity contribution < 1.29 is 14.0 Å². The summed E-state index contributed by atoms with van der Waals surface area (Å²) in [4.78, 5) is 36.6. The van der Waals surface area contributed by atoms with Gasteiger partial charge in [-0.3, -0.25) is 9.59 Å². The van der Waals surface area contributed by atoms with Crippen LogP contribution < -0.4 is 5.32 Å². The van der Waals surface area contributed by atoms with Gasteiger partial charge in [-0.2, -0.15) is 0 Å². The number of carbonyl (C=O) groups excluding carboxylic acids is 2. The van der Waals surface area contributed by atoms with Gasteiger partial charge >= 0.3 is 0 Å². The van der Waals surface area contributed by atoms with Gasteiger partial charge in [0.1, 0.15) is 11.6 Å². The van der Waals surface area contributed by atoms with Crippen LogP contribution in [-0.4, -0.2) is 39.8 Å². The second-order valence-corrected chi connectivity index (χ2v) is 9.25. The quantitative estimate of drug-likeness (QED) is 0.750. The Balaban J connectivity index is 1.38. The molecule has 1 aliphatic heterocycles. The van der Waals surface area contributed by atoms with Crippen molar-refractivity contribution in [2.75, 3.05) is 13.1 Å². The predicted octanol–water partition coefficient (Wildman–Crippen LogP) is 3.45. The van der Waals surface area contributed by atoms with Crippen LogP contribution in [0.25, 0.3) is 0 Å². The van der Waals surface area contributed by atoms with Crippen LogP contribution in [0.2, 0.25) is 0 Å². The molecule has 0 radical (unpaired) electrons. The lowest BCUT2D eigenvalue weighted by atomic mass is 9.96. The zero-order chi connectivity index (χ0) is 22.8. The van der Waals surface area contributed by atoms with E-state index in [2.05, 4.69) is 12.2 Å². The SMILES string of the molecule is Cc1nc([C@@H]2CCCN(C(=O)[C@H]3C[C@H]3C)C2)nc(C)c1CC(=O)NCc1ccc(F)cc1. The van der Waals surface area contributed by atoms with Gasteiger partial charge in [0.15, 0.2) is 0 Å². The number of hydrogen-bond acceptors (Lipinski definition) is 4. The first kappa shape index (κ1) is 22.4. The van der Waals surface area contributed by atoms with Crippen LogP contribution in [0.1, 0.15) is 60.4 Å². The van der Waals surface area contributed by atoms with Crippen LogP contribution in [0.5, 0.6) is 0 Å². The van der Waals surface area contributed by atoms with Crippen LogP contribution in [0.4, 0.5) is 4.39 Å². The highest BCUT2D eigenvalue weighted by Gasteiger charge is 2.42. The molecule has 0 bridgehead atoms. The lowest BCUT2D eigenvalue weighted by Gasteiger charge is -2.32. The summed E-state index contributed by atoms with van der Waals surface area (Å²) < 4.78 is 13.0. The lowest BCUT2D eigenvalue weighted by Crippen LogP contribution is -2.40. The fourth-order valence-corrected chi connectivity index (χ4v) is 4.52. The van der Waals surface area contributed by atoms with Crippen molar-refractivity contribution in [3.05, 3.63) is 58.4 Å². The second kappa shape index (κ2) is 9.35. The van der Waals surface area contributed by atoms with E-state index in [1.165, 1.54) is 12.1 Å². The maximum atomic E-state index is 13.0. The number of aromatic nitrogens is 2. The van der Waals surface area contributed by atoms with E-state index in [1.54, 1.807) is 12.1 Å². The lowest BCUT2D eigenvalue weighted by molar-refractivity contribution is -0.134. The monoisotopic (exact) mass is 438 g/mol. The van der Waals surface area contributed by atoms with E-state index in [-0.39, 0.29) is 35.9 Å². The summed E-state index contributed by atoms with van der Waals surface area (Å²) in [6.45, 7) is 7.81. The molecule has 2 heterocycles. The molecule has 0 spiro atoms. The highest BCUT2D eigenvalue weighted by Crippen LogP contribution is 2.40. The Morgan fingerprint density at radius 2 is 1.81 bits per heavy atom. The minimum absolute atomic E-state index is 0.120. The van der Waals surface area contributed by atoms with Gasteiger partial charge in [-0.15, -0.1) is 0 Å². The van der Waals surface area contributed by atoms with E-state index < -0.39 is 0 Å². The van der Waals surface area contributed by atoms with Gasteiger partial charge in [-0.1, -0.05) is 19.1 Å². The molecule has 1 aromatic carbocycles. The standard InChI is InChI=1S/C25H31FN4O2/c1-15-11-21(15)25(32)30-10-4-5-19(14-30)24-28-16(2)22(17(3)29-24)12-23(31)27-13-18-6-8-20(26)9-7-18/h6-9,15,19,21H,4-5,10-14H2,1-3H3,(H,27,31)/t15-,19-,21+/m1/s1. The van der Waals surface area contributed by atoms with Crippen LogP contribution in [0.3, 0.4) is 0 Å². The summed E-state index contributed by atoms with van der Waals surface area (Å²) in [5.74, 6) is 1.49. The first-order chi connectivity index (χ1) is 15.3. The maximum Gasteiger partial charge on any atom is 0.225 e. The number of aryl methyl sites for hydroxylation is 2. The Morgan fingerprint density at radius 1 is 1.16 bits per heavy atom. The summed E-state index contributed by atoms with van der Waals surface area (Å²) >= 11 is 0. The van der Waals surface area contributed by atoms with Crippen molar-refractivity contribution in [2.24, 2.45) is 11.8 Å². The van der Waals surface area contributed by atoms with Crippen LogP contribution in [0, 0.1) is 31.5 Å². The Morgan fingerprint density at radius 3 is 2.44 bits per heavy atom. The molecule has 6 nitrogen and oxygen atoms in total. The number of benzene rings is 1. The number of hydrogen-bond donors (Lipinski definition) is 1. The minimum atomic E-state index is -0.295. The number of piperidine rings is 1. The van der Waals surface area contributed by atoms with Gasteiger partial charge in [0.05, 0.1) is 6.42 Å². The zero-order valence-corrected chi connectivity index (χ0v) is 19.0. The molecule has 2 aromatic rings. The molecule has 170 valence electrons. The third-order valence-electron chi connectivity index (χ3n) is 6.70. The molecule has 3 atom stereocenters. The number of carbonyl (C=O) groups is 2. The number of amides is 2. The third-order valence-corrected chi connectivity index (χ3v) is 6.70. The molecule has 1 aliphatic carbocycles. The molecule has 0 unspecified atom stereocenters. The summed E-state index contributed by atoms with van der Waals surface area (Å²) in [5.41, 5.74) is 3.30. The van der Waals surface area contributed by atoms with Crippen molar-refractivity contribution in [1.82, 2.24) is 20.2 Å². The number of nitrogens with one attached hydrogen (secondary N) is 1. The molecule has 1 aromatic heterocycles. The van der Waals surface area contributed by atoms with Crippen molar-refractivity contribution in [1.29, 1.82) is 0 Å². The van der Waals surface area contributed by atoms with Gasteiger partial charge in [0.25, 0.3) is 0 Å². The summed E-state index contributed by atoms with van der Waals surface area (Å²) in [6, 6.07) is 6.08. The molecular formula is C25H31FN4O2. The minimum Gasteiger partial charge on any atom is -0.352 e. The summed E-state index contributed by atoms with van der Waals surface area (Å²) in [6.07, 6.45) is 3.15. The topological polar surface area (TPSA) is 75.2 Å². The highest BCUT2D eigenvalue weighted by atomic mass is 19.1. The van der Waals surface area contributed by atoms with E-state index in [1.807, 2.05) is 18.7 Å². The van der Waals surface area contributed by atoms with Crippen LogP contribution in [-0.2, 0) is 22.6 Å². The zero-order valence-electron chi connectivity index (χ0n) is 19.0. The molecule has 1 N–H and O–H groups in total. The first-order valence-electron chi connectivity index (χ1n) is 11.5. The Labute approximate surface area is 188 Å². The molecule has 32 heavy (non-hydrogen) atoms. The maximum absolute atomic E-state index is 13.0. The first-order valence-corrected chi connectivity index (χ1v) is 11.5. The van der Waals surface area contributed by atoms with E-state index in [4.69, 9.17) is 9.97 Å². The normalized spacial score (nSPS) is 22.5. The van der Waals surface area contributed by atoms with E-state index >= 15 is 0 Å². The molecular weight excluding hydrogens is 407 g/mol. The average Bonchev–Trinajstić information content (AvgIpc) is 3.51. The van der Waals surface area contributed by atoms with E-state index in [0.29, 0.717) is 19.0 Å². The molecule has 7 heteroatoms. The smallest absolute Gasteiger partial charge is 0.225 e. The van der Waals surface area contributed by atoms with Gasteiger partial charge < -0.3 is 10.2 Å². The second-order valence-electron chi connectivity index (χ2n) is 9.25. The van der Waals surface area contributed by atoms with Gasteiger partial charge in [-0.25, -0.2) is 14.4 Å². The van der Waals surface area contributed by atoms with Crippen LogP contribution in [0.15, 0.2) is 24.3 Å².